The topological polar surface area (TPSA) is 122 Å². The molecular formula is C26H27NO7S. The zero-order valence-electron chi connectivity index (χ0n) is 19.8. The molecule has 35 heavy (non-hydrogen) atoms. The Kier molecular flexibility index (Phi) is 8.06. The van der Waals surface area contributed by atoms with Crippen molar-refractivity contribution >= 4 is 22.1 Å². The molecule has 0 saturated carbocycles. The highest BCUT2D eigenvalue weighted by Gasteiger charge is 2.25. The van der Waals surface area contributed by atoms with Gasteiger partial charge in [-0.05, 0) is 62.7 Å². The van der Waals surface area contributed by atoms with E-state index in [9.17, 15) is 18.0 Å². The Balaban J connectivity index is 1.99. The molecule has 2 unspecified atom stereocenters. The molecule has 0 aliphatic rings. The number of benzene rings is 3. The summed E-state index contributed by atoms with van der Waals surface area (Å²) in [5.74, 6) is -1.45. The van der Waals surface area contributed by atoms with Gasteiger partial charge < -0.3 is 15.2 Å². The van der Waals surface area contributed by atoms with Crippen molar-refractivity contribution in [3.8, 4) is 11.5 Å². The summed E-state index contributed by atoms with van der Waals surface area (Å²) in [5.41, 5.74) is 8.82. The summed E-state index contributed by atoms with van der Waals surface area (Å²) < 4.78 is 39.7. The Morgan fingerprint density at radius 2 is 1.23 bits per heavy atom. The van der Waals surface area contributed by atoms with E-state index in [1.54, 1.807) is 55.5 Å². The van der Waals surface area contributed by atoms with Gasteiger partial charge in [0, 0.05) is 6.04 Å². The van der Waals surface area contributed by atoms with E-state index in [-0.39, 0.29) is 17.1 Å². The molecule has 0 aliphatic heterocycles. The number of hydrogen-bond acceptors (Lipinski definition) is 8. The summed E-state index contributed by atoms with van der Waals surface area (Å²) in [6.07, 6.45) is -0.137. The summed E-state index contributed by atoms with van der Waals surface area (Å²) in [6, 6.07) is 17.1. The molecule has 184 valence electrons. The first-order valence-electron chi connectivity index (χ1n) is 10.8. The third-order valence-electron chi connectivity index (χ3n) is 5.03. The van der Waals surface area contributed by atoms with E-state index < -0.39 is 34.2 Å². The third-order valence-corrected chi connectivity index (χ3v) is 5.59. The average molecular weight is 498 g/mol. The molecule has 8 nitrogen and oxygen atoms in total. The maximum atomic E-state index is 12.8. The van der Waals surface area contributed by atoms with E-state index in [1.165, 1.54) is 18.2 Å². The fraction of sp³-hybridized carbons (Fsp3) is 0.231. The van der Waals surface area contributed by atoms with Crippen LogP contribution in [0, 0.1) is 13.8 Å². The number of hydrogen-bond donors (Lipinski definition) is 1. The highest BCUT2D eigenvalue weighted by Crippen LogP contribution is 2.34. The number of ether oxygens (including phenoxy) is 2. The van der Waals surface area contributed by atoms with Gasteiger partial charge in [0.25, 0.3) is 10.1 Å². The summed E-state index contributed by atoms with van der Waals surface area (Å²) in [7, 11) is -3.84. The maximum absolute atomic E-state index is 12.8. The Morgan fingerprint density at radius 3 is 1.66 bits per heavy atom. The van der Waals surface area contributed by atoms with Crippen molar-refractivity contribution in [1.29, 1.82) is 0 Å². The van der Waals surface area contributed by atoms with Gasteiger partial charge in [0.1, 0.15) is 6.10 Å². The van der Waals surface area contributed by atoms with Crippen molar-refractivity contribution in [2.24, 2.45) is 5.73 Å². The van der Waals surface area contributed by atoms with Crippen LogP contribution < -0.4 is 15.2 Å². The Hall–Kier alpha value is -3.53. The van der Waals surface area contributed by atoms with Gasteiger partial charge in [-0.2, -0.15) is 8.42 Å². The van der Waals surface area contributed by atoms with Crippen LogP contribution in [0.4, 0.5) is 0 Å². The normalized spacial score (nSPS) is 13.1. The van der Waals surface area contributed by atoms with Crippen molar-refractivity contribution < 1.29 is 31.7 Å². The van der Waals surface area contributed by atoms with E-state index >= 15 is 0 Å². The van der Waals surface area contributed by atoms with Crippen LogP contribution in [0.2, 0.25) is 0 Å². The second kappa shape index (κ2) is 10.8. The SMILES string of the molecule is Cc1ccc(C(=O)Oc2ccc(C(OS(C)(=O)=O)C(C)N)cc2OC(=O)c2ccc(C)cc2)cc1. The number of rotatable bonds is 8. The minimum absolute atomic E-state index is 0.0254. The molecule has 3 aromatic carbocycles. The van der Waals surface area contributed by atoms with Crippen molar-refractivity contribution in [2.75, 3.05) is 6.26 Å². The smallest absolute Gasteiger partial charge is 0.343 e. The van der Waals surface area contributed by atoms with E-state index in [0.717, 1.165) is 17.4 Å². The lowest BCUT2D eigenvalue weighted by Gasteiger charge is -2.21. The van der Waals surface area contributed by atoms with Crippen LogP contribution in [-0.4, -0.2) is 32.7 Å². The van der Waals surface area contributed by atoms with Crippen LogP contribution in [0.5, 0.6) is 11.5 Å². The van der Waals surface area contributed by atoms with E-state index in [1.807, 2.05) is 13.8 Å². The highest BCUT2D eigenvalue weighted by atomic mass is 32.2. The number of carbonyl (C=O) groups excluding carboxylic acids is 2. The fourth-order valence-electron chi connectivity index (χ4n) is 3.20. The molecule has 0 aromatic heterocycles. The molecule has 3 rings (SSSR count). The quantitative estimate of drug-likeness (QED) is 0.280. The molecular weight excluding hydrogens is 470 g/mol. The van der Waals surface area contributed by atoms with Crippen molar-refractivity contribution in [3.05, 3.63) is 94.5 Å². The van der Waals surface area contributed by atoms with Crippen LogP contribution in [0.3, 0.4) is 0 Å². The van der Waals surface area contributed by atoms with Crippen LogP contribution >= 0.6 is 0 Å². The van der Waals surface area contributed by atoms with Crippen LogP contribution in [0.25, 0.3) is 0 Å². The third kappa shape index (κ3) is 7.22. The minimum atomic E-state index is -3.84. The predicted molar refractivity (Wildman–Crippen MR) is 131 cm³/mol. The largest absolute Gasteiger partial charge is 0.419 e. The molecule has 0 aliphatic carbocycles. The molecule has 2 N–H and O–H groups in total. The first kappa shape index (κ1) is 26.1. The number of aryl methyl sites for hydroxylation is 2. The first-order valence-corrected chi connectivity index (χ1v) is 12.6. The molecule has 0 heterocycles. The van der Waals surface area contributed by atoms with Gasteiger partial charge in [-0.15, -0.1) is 0 Å². The molecule has 2 atom stereocenters. The van der Waals surface area contributed by atoms with Gasteiger partial charge in [-0.3, -0.25) is 4.18 Å². The summed E-state index contributed by atoms with van der Waals surface area (Å²) >= 11 is 0. The second-order valence-corrected chi connectivity index (χ2v) is 9.90. The number of esters is 2. The van der Waals surface area contributed by atoms with Gasteiger partial charge in [-0.1, -0.05) is 41.5 Å². The van der Waals surface area contributed by atoms with E-state index in [0.29, 0.717) is 11.1 Å². The molecule has 3 aromatic rings. The number of carbonyl (C=O) groups is 2. The lowest BCUT2D eigenvalue weighted by molar-refractivity contribution is 0.0681. The molecule has 0 spiro atoms. The molecule has 0 amide bonds. The van der Waals surface area contributed by atoms with Crippen molar-refractivity contribution in [3.63, 3.8) is 0 Å². The molecule has 0 fully saturated rings. The maximum Gasteiger partial charge on any atom is 0.343 e. The lowest BCUT2D eigenvalue weighted by Crippen LogP contribution is -2.28. The summed E-state index contributed by atoms with van der Waals surface area (Å²) in [5, 5.41) is 0. The van der Waals surface area contributed by atoms with Gasteiger partial charge >= 0.3 is 11.9 Å². The molecule has 0 saturated heterocycles. The zero-order valence-corrected chi connectivity index (χ0v) is 20.7. The Morgan fingerprint density at radius 1 is 0.771 bits per heavy atom. The zero-order chi connectivity index (χ0) is 25.8. The van der Waals surface area contributed by atoms with Crippen LogP contribution in [0.1, 0.15) is 50.4 Å². The van der Waals surface area contributed by atoms with Gasteiger partial charge in [0.15, 0.2) is 11.5 Å². The van der Waals surface area contributed by atoms with Gasteiger partial charge in [-0.25, -0.2) is 9.59 Å². The van der Waals surface area contributed by atoms with Gasteiger partial charge in [0.2, 0.25) is 0 Å². The van der Waals surface area contributed by atoms with E-state index in [2.05, 4.69) is 0 Å². The monoisotopic (exact) mass is 497 g/mol. The van der Waals surface area contributed by atoms with Crippen molar-refractivity contribution in [2.45, 2.75) is 32.9 Å². The first-order chi connectivity index (χ1) is 16.4. The summed E-state index contributed by atoms with van der Waals surface area (Å²) in [4.78, 5) is 25.5. The summed E-state index contributed by atoms with van der Waals surface area (Å²) in [6.45, 7) is 5.36. The Labute approximate surface area is 204 Å². The van der Waals surface area contributed by atoms with Crippen LogP contribution in [-0.2, 0) is 14.3 Å². The number of nitrogens with two attached hydrogens (primary N) is 1. The van der Waals surface area contributed by atoms with Crippen molar-refractivity contribution in [1.82, 2.24) is 0 Å². The van der Waals surface area contributed by atoms with Crippen LogP contribution in [0.15, 0.2) is 66.7 Å². The highest BCUT2D eigenvalue weighted by molar-refractivity contribution is 7.86. The lowest BCUT2D eigenvalue weighted by atomic mass is 10.0. The second-order valence-electron chi connectivity index (χ2n) is 8.30. The Bertz CT molecular complexity index is 1310. The molecule has 9 heteroatoms. The molecule has 0 bridgehead atoms. The standard InChI is InChI=1S/C26H27NO7S/c1-16-5-9-19(10-6-16)25(28)32-22-14-13-21(24(18(3)27)34-35(4,30)31)15-23(22)33-26(29)20-11-7-17(2)8-12-20/h5-15,18,24H,27H2,1-4H3. The fourth-order valence-corrected chi connectivity index (χ4v) is 3.86. The average Bonchev–Trinajstić information content (AvgIpc) is 2.78. The molecule has 0 radical (unpaired) electrons. The minimum Gasteiger partial charge on any atom is -0.419 e. The van der Waals surface area contributed by atoms with Gasteiger partial charge in [0.05, 0.1) is 17.4 Å². The van der Waals surface area contributed by atoms with E-state index in [4.69, 9.17) is 19.4 Å². The predicted octanol–water partition coefficient (Wildman–Crippen LogP) is 4.11.